The second kappa shape index (κ2) is 5.77. The zero-order valence-corrected chi connectivity index (χ0v) is 13.7. The summed E-state index contributed by atoms with van der Waals surface area (Å²) >= 11 is 3.40. The number of rotatable bonds is 2. The number of pyridine rings is 2. The molecule has 1 aliphatic heterocycles. The molecule has 0 unspecified atom stereocenters. The van der Waals surface area contributed by atoms with Gasteiger partial charge in [-0.25, -0.2) is 4.39 Å². The average molecular weight is 374 g/mol. The Morgan fingerprint density at radius 3 is 3.09 bits per heavy atom. The van der Waals surface area contributed by atoms with Gasteiger partial charge >= 0.3 is 0 Å². The number of aromatic nitrogens is 2. The molecule has 0 bridgehead atoms. The fraction of sp³-hybridized carbons (Fsp3) is 0.176. The molecule has 0 spiro atoms. The molecular formula is C17H13BrFN3O. The van der Waals surface area contributed by atoms with Crippen molar-refractivity contribution in [2.75, 3.05) is 11.9 Å². The molecule has 1 atom stereocenters. The number of nitrogens with one attached hydrogen (secondary N) is 1. The van der Waals surface area contributed by atoms with Crippen LogP contribution in [0.4, 0.5) is 10.1 Å². The highest BCUT2D eigenvalue weighted by Gasteiger charge is 2.24. The van der Waals surface area contributed by atoms with Crippen molar-refractivity contribution in [2.24, 2.45) is 0 Å². The van der Waals surface area contributed by atoms with Crippen LogP contribution in [-0.2, 0) is 0 Å². The molecule has 2 aromatic heterocycles. The smallest absolute Gasteiger partial charge is 0.165 e. The third kappa shape index (κ3) is 2.63. The number of hydrogen-bond donors (Lipinski definition) is 1. The van der Waals surface area contributed by atoms with Crippen LogP contribution in [0, 0.1) is 5.82 Å². The third-order valence-electron chi connectivity index (χ3n) is 3.90. The molecule has 6 heteroatoms. The van der Waals surface area contributed by atoms with Crippen molar-refractivity contribution in [2.45, 2.75) is 12.5 Å². The first-order valence-electron chi connectivity index (χ1n) is 7.30. The first kappa shape index (κ1) is 14.4. The second-order valence-electron chi connectivity index (χ2n) is 5.37. The Labute approximate surface area is 140 Å². The zero-order chi connectivity index (χ0) is 15.8. The summed E-state index contributed by atoms with van der Waals surface area (Å²) in [6, 6.07) is 8.80. The summed E-state index contributed by atoms with van der Waals surface area (Å²) in [4.78, 5) is 8.78. The van der Waals surface area contributed by atoms with Crippen LogP contribution in [-0.4, -0.2) is 16.6 Å². The summed E-state index contributed by atoms with van der Waals surface area (Å²) in [6.07, 6.45) is 4.24. The van der Waals surface area contributed by atoms with E-state index in [4.69, 9.17) is 4.74 Å². The Morgan fingerprint density at radius 1 is 1.26 bits per heavy atom. The van der Waals surface area contributed by atoms with Gasteiger partial charge in [0.2, 0.25) is 0 Å². The molecule has 1 N–H and O–H groups in total. The lowest BCUT2D eigenvalue weighted by molar-refractivity contribution is 0.260. The number of ether oxygens (including phenoxy) is 1. The van der Waals surface area contributed by atoms with E-state index in [-0.39, 0.29) is 11.9 Å². The Kier molecular flexibility index (Phi) is 3.61. The largest absolute Gasteiger partial charge is 0.490 e. The minimum atomic E-state index is -0.323. The van der Waals surface area contributed by atoms with Crippen LogP contribution in [0.5, 0.6) is 5.75 Å². The lowest BCUT2D eigenvalue weighted by Crippen LogP contribution is -2.21. The highest BCUT2D eigenvalue weighted by atomic mass is 79.9. The molecule has 3 aromatic rings. The summed E-state index contributed by atoms with van der Waals surface area (Å²) in [7, 11) is 0. The van der Waals surface area contributed by atoms with Gasteiger partial charge in [0.1, 0.15) is 5.52 Å². The van der Waals surface area contributed by atoms with Crippen molar-refractivity contribution in [1.29, 1.82) is 0 Å². The first-order chi connectivity index (χ1) is 11.2. The summed E-state index contributed by atoms with van der Waals surface area (Å²) in [6.45, 7) is 0.480. The van der Waals surface area contributed by atoms with Crippen LogP contribution in [0.2, 0.25) is 0 Å². The molecular weight excluding hydrogens is 361 g/mol. The Balaban J connectivity index is 1.74. The van der Waals surface area contributed by atoms with E-state index in [0.717, 1.165) is 33.2 Å². The molecule has 0 fully saturated rings. The van der Waals surface area contributed by atoms with Crippen molar-refractivity contribution in [3.8, 4) is 5.75 Å². The molecule has 0 aliphatic carbocycles. The predicted molar refractivity (Wildman–Crippen MR) is 90.1 cm³/mol. The molecule has 4 rings (SSSR count). The van der Waals surface area contributed by atoms with Crippen molar-refractivity contribution < 1.29 is 9.13 Å². The number of benzene rings is 1. The molecule has 4 nitrogen and oxygen atoms in total. The van der Waals surface area contributed by atoms with Crippen molar-refractivity contribution in [3.05, 3.63) is 58.6 Å². The molecule has 23 heavy (non-hydrogen) atoms. The topological polar surface area (TPSA) is 47.0 Å². The van der Waals surface area contributed by atoms with E-state index >= 15 is 0 Å². The van der Waals surface area contributed by atoms with Gasteiger partial charge in [0.05, 0.1) is 23.9 Å². The monoisotopic (exact) mass is 373 g/mol. The van der Waals surface area contributed by atoms with Crippen LogP contribution in [0.1, 0.15) is 18.0 Å². The molecule has 0 saturated carbocycles. The highest BCUT2D eigenvalue weighted by Crippen LogP contribution is 2.37. The lowest BCUT2D eigenvalue weighted by Gasteiger charge is -2.27. The Hall–Kier alpha value is -2.21. The van der Waals surface area contributed by atoms with Gasteiger partial charge in [-0.2, -0.15) is 0 Å². The first-order valence-corrected chi connectivity index (χ1v) is 8.10. The van der Waals surface area contributed by atoms with E-state index in [2.05, 4.69) is 31.2 Å². The molecule has 3 heterocycles. The number of fused-ring (bicyclic) bond motifs is 2. The van der Waals surface area contributed by atoms with Gasteiger partial charge in [-0.3, -0.25) is 9.97 Å². The standard InChI is InChI=1S/C17H13BrFN3O/c18-10-8-15-16(21-9-10)14(4-6-20-15)22-13-5-7-23-17-11(13)2-1-3-12(17)19/h1-4,6,8-9,13H,5,7H2,(H,20,22)/t13-/m0/s1. The van der Waals surface area contributed by atoms with Crippen molar-refractivity contribution in [3.63, 3.8) is 0 Å². The van der Waals surface area contributed by atoms with Crippen LogP contribution in [0.3, 0.4) is 0 Å². The van der Waals surface area contributed by atoms with E-state index in [1.165, 1.54) is 6.07 Å². The van der Waals surface area contributed by atoms with E-state index in [9.17, 15) is 4.39 Å². The number of halogens is 2. The van der Waals surface area contributed by atoms with Crippen molar-refractivity contribution >= 4 is 32.7 Å². The van der Waals surface area contributed by atoms with Crippen LogP contribution < -0.4 is 10.1 Å². The van der Waals surface area contributed by atoms with Gasteiger partial charge < -0.3 is 10.1 Å². The van der Waals surface area contributed by atoms with E-state index in [1.54, 1.807) is 18.5 Å². The molecule has 0 radical (unpaired) electrons. The SMILES string of the molecule is Fc1cccc2c1OCC[C@@H]2Nc1ccnc2cc(Br)cnc12. The normalized spacial score (nSPS) is 16.7. The quantitative estimate of drug-likeness (QED) is 0.719. The summed E-state index contributed by atoms with van der Waals surface area (Å²) in [5, 5.41) is 3.46. The molecule has 116 valence electrons. The van der Waals surface area contributed by atoms with E-state index < -0.39 is 0 Å². The minimum absolute atomic E-state index is 0.0227. The maximum atomic E-state index is 13.9. The molecule has 0 amide bonds. The summed E-state index contributed by atoms with van der Waals surface area (Å²) in [5.74, 6) is 0.0148. The van der Waals surface area contributed by atoms with Gasteiger partial charge in [-0.05, 0) is 34.1 Å². The van der Waals surface area contributed by atoms with Crippen LogP contribution in [0.15, 0.2) is 47.2 Å². The number of para-hydroxylation sites is 1. The minimum Gasteiger partial charge on any atom is -0.490 e. The maximum Gasteiger partial charge on any atom is 0.165 e. The van der Waals surface area contributed by atoms with Crippen LogP contribution >= 0.6 is 15.9 Å². The molecule has 1 aliphatic rings. The number of anilines is 1. The Bertz CT molecular complexity index is 887. The fourth-order valence-corrected chi connectivity index (χ4v) is 3.17. The Morgan fingerprint density at radius 2 is 2.17 bits per heavy atom. The summed E-state index contributed by atoms with van der Waals surface area (Å²) in [5.41, 5.74) is 3.30. The van der Waals surface area contributed by atoms with Gasteiger partial charge in [0, 0.05) is 28.9 Å². The van der Waals surface area contributed by atoms with Gasteiger partial charge in [0.25, 0.3) is 0 Å². The number of nitrogens with zero attached hydrogens (tertiary/aromatic N) is 2. The highest BCUT2D eigenvalue weighted by molar-refractivity contribution is 9.10. The number of hydrogen-bond acceptors (Lipinski definition) is 4. The lowest BCUT2D eigenvalue weighted by atomic mass is 10.00. The summed E-state index contributed by atoms with van der Waals surface area (Å²) < 4.78 is 20.3. The van der Waals surface area contributed by atoms with E-state index in [1.807, 2.05) is 18.2 Å². The molecule has 1 aromatic carbocycles. The van der Waals surface area contributed by atoms with Crippen LogP contribution in [0.25, 0.3) is 11.0 Å². The predicted octanol–water partition coefficient (Wildman–Crippen LogP) is 4.47. The fourth-order valence-electron chi connectivity index (χ4n) is 2.85. The second-order valence-corrected chi connectivity index (χ2v) is 6.29. The van der Waals surface area contributed by atoms with Crippen molar-refractivity contribution in [1.82, 2.24) is 9.97 Å². The maximum absolute atomic E-state index is 13.9. The van der Waals surface area contributed by atoms with E-state index in [0.29, 0.717) is 12.4 Å². The van der Waals surface area contributed by atoms with Gasteiger partial charge in [-0.1, -0.05) is 12.1 Å². The van der Waals surface area contributed by atoms with Gasteiger partial charge in [0.15, 0.2) is 11.6 Å². The van der Waals surface area contributed by atoms with Gasteiger partial charge in [-0.15, -0.1) is 0 Å². The average Bonchev–Trinajstić information content (AvgIpc) is 2.56. The molecule has 0 saturated heterocycles. The zero-order valence-electron chi connectivity index (χ0n) is 12.1. The third-order valence-corrected chi connectivity index (χ3v) is 4.33.